The van der Waals surface area contributed by atoms with Crippen LogP contribution in [0.5, 0.6) is 0 Å². The second-order valence-corrected chi connectivity index (χ2v) is 5.72. The molecule has 25 heavy (non-hydrogen) atoms. The predicted octanol–water partition coefficient (Wildman–Crippen LogP) is -2.37. The summed E-state index contributed by atoms with van der Waals surface area (Å²) in [6, 6.07) is -3.70. The van der Waals surface area contributed by atoms with Crippen molar-refractivity contribution in [1.29, 1.82) is 0 Å². The number of aliphatic carboxylic acids is 2. The highest BCUT2D eigenvalue weighted by Gasteiger charge is 2.31. The zero-order valence-corrected chi connectivity index (χ0v) is 14.2. The number of rotatable bonds is 10. The van der Waals surface area contributed by atoms with Crippen LogP contribution in [0.15, 0.2) is 0 Å². The molecule has 7 N–H and O–H groups in total. The molecule has 0 saturated heterocycles. The van der Waals surface area contributed by atoms with Crippen LogP contribution in [-0.4, -0.2) is 64.5 Å². The lowest BCUT2D eigenvalue weighted by molar-refractivity contribution is -0.143. The molecule has 3 atom stereocenters. The second kappa shape index (κ2) is 10.2. The van der Waals surface area contributed by atoms with Crippen molar-refractivity contribution in [3.05, 3.63) is 0 Å². The van der Waals surface area contributed by atoms with Crippen LogP contribution in [0.1, 0.15) is 27.2 Å². The van der Waals surface area contributed by atoms with Crippen molar-refractivity contribution in [1.82, 2.24) is 16.0 Å². The quantitative estimate of drug-likeness (QED) is 0.249. The molecule has 0 aliphatic rings. The Morgan fingerprint density at radius 1 is 0.920 bits per heavy atom. The summed E-state index contributed by atoms with van der Waals surface area (Å²) in [5.41, 5.74) is 5.12. The van der Waals surface area contributed by atoms with Crippen molar-refractivity contribution in [2.45, 2.75) is 45.3 Å². The molecule has 142 valence electrons. The van der Waals surface area contributed by atoms with Crippen molar-refractivity contribution in [2.75, 3.05) is 6.54 Å². The van der Waals surface area contributed by atoms with Gasteiger partial charge in [0.25, 0.3) is 0 Å². The molecule has 0 spiro atoms. The Morgan fingerprint density at radius 2 is 1.48 bits per heavy atom. The summed E-state index contributed by atoms with van der Waals surface area (Å²) in [4.78, 5) is 57.4. The zero-order valence-electron chi connectivity index (χ0n) is 14.2. The number of nitrogens with one attached hydrogen (secondary N) is 3. The summed E-state index contributed by atoms with van der Waals surface area (Å²) in [6.45, 7) is 4.04. The van der Waals surface area contributed by atoms with Gasteiger partial charge in [-0.2, -0.15) is 0 Å². The summed E-state index contributed by atoms with van der Waals surface area (Å²) in [6.07, 6.45) is -0.699. The summed E-state index contributed by atoms with van der Waals surface area (Å²) in [7, 11) is 0. The van der Waals surface area contributed by atoms with E-state index in [-0.39, 0.29) is 0 Å². The van der Waals surface area contributed by atoms with Crippen molar-refractivity contribution in [2.24, 2.45) is 11.7 Å². The molecule has 0 rings (SSSR count). The summed E-state index contributed by atoms with van der Waals surface area (Å²) < 4.78 is 0. The van der Waals surface area contributed by atoms with Crippen LogP contribution in [0.25, 0.3) is 0 Å². The molecule has 0 bridgehead atoms. The van der Waals surface area contributed by atoms with Crippen LogP contribution in [0.4, 0.5) is 0 Å². The molecular formula is C14H24N4O7. The third-order valence-corrected chi connectivity index (χ3v) is 3.19. The van der Waals surface area contributed by atoms with Crippen molar-refractivity contribution in [3.8, 4) is 0 Å². The molecule has 0 fully saturated rings. The van der Waals surface area contributed by atoms with E-state index in [9.17, 15) is 24.0 Å². The van der Waals surface area contributed by atoms with Gasteiger partial charge in [-0.05, 0) is 12.8 Å². The number of carboxylic acid groups (broad SMARTS) is 2. The maximum absolute atomic E-state index is 12.2. The van der Waals surface area contributed by atoms with E-state index in [0.717, 1.165) is 0 Å². The number of carbonyl (C=O) groups is 5. The molecule has 0 aromatic heterocycles. The number of amides is 3. The molecule has 0 heterocycles. The lowest BCUT2D eigenvalue weighted by Gasteiger charge is -2.25. The highest BCUT2D eigenvalue weighted by molar-refractivity contribution is 5.95. The average Bonchev–Trinajstić information content (AvgIpc) is 2.50. The Balaban J connectivity index is 5.14. The minimum atomic E-state index is -1.42. The van der Waals surface area contributed by atoms with Crippen LogP contribution in [0.3, 0.4) is 0 Å². The van der Waals surface area contributed by atoms with E-state index in [1.165, 1.54) is 6.92 Å². The van der Waals surface area contributed by atoms with Gasteiger partial charge in [0.2, 0.25) is 17.7 Å². The SMILES string of the molecule is CC(C)[C@H](NC(=O)[C@H](CC(=O)O)NC(=O)CN)C(=O)N[C@@H](C)C(=O)O. The molecule has 0 radical (unpaired) electrons. The first-order chi connectivity index (χ1) is 11.5. The number of carbonyl (C=O) groups excluding carboxylic acids is 3. The largest absolute Gasteiger partial charge is 0.481 e. The van der Waals surface area contributed by atoms with E-state index in [0.29, 0.717) is 0 Å². The maximum atomic E-state index is 12.2. The van der Waals surface area contributed by atoms with Crippen LogP contribution in [-0.2, 0) is 24.0 Å². The Labute approximate surface area is 144 Å². The van der Waals surface area contributed by atoms with Gasteiger partial charge >= 0.3 is 11.9 Å². The van der Waals surface area contributed by atoms with Gasteiger partial charge in [0, 0.05) is 0 Å². The van der Waals surface area contributed by atoms with E-state index in [4.69, 9.17) is 15.9 Å². The Kier molecular flexibility index (Phi) is 9.13. The fourth-order valence-corrected chi connectivity index (χ4v) is 1.79. The van der Waals surface area contributed by atoms with Crippen LogP contribution < -0.4 is 21.7 Å². The van der Waals surface area contributed by atoms with E-state index in [1.54, 1.807) is 13.8 Å². The maximum Gasteiger partial charge on any atom is 0.325 e. The molecule has 0 saturated carbocycles. The summed E-state index contributed by atoms with van der Waals surface area (Å²) >= 11 is 0. The molecule has 0 aromatic carbocycles. The lowest BCUT2D eigenvalue weighted by Crippen LogP contribution is -2.57. The molecular weight excluding hydrogens is 336 g/mol. The molecule has 0 unspecified atom stereocenters. The first-order valence-electron chi connectivity index (χ1n) is 7.54. The molecule has 0 aliphatic carbocycles. The topological polar surface area (TPSA) is 188 Å². The Hall–Kier alpha value is -2.69. The van der Waals surface area contributed by atoms with Gasteiger partial charge in [-0.25, -0.2) is 0 Å². The van der Waals surface area contributed by atoms with Crippen LogP contribution in [0.2, 0.25) is 0 Å². The Morgan fingerprint density at radius 3 is 1.88 bits per heavy atom. The van der Waals surface area contributed by atoms with Gasteiger partial charge in [-0.15, -0.1) is 0 Å². The van der Waals surface area contributed by atoms with Crippen molar-refractivity contribution in [3.63, 3.8) is 0 Å². The van der Waals surface area contributed by atoms with Gasteiger partial charge in [-0.3, -0.25) is 24.0 Å². The molecule has 11 heteroatoms. The first kappa shape index (κ1) is 22.3. The number of hydrogen-bond acceptors (Lipinski definition) is 6. The molecule has 0 aromatic rings. The normalized spacial score (nSPS) is 14.1. The molecule has 11 nitrogen and oxygen atoms in total. The van der Waals surface area contributed by atoms with Crippen LogP contribution in [0, 0.1) is 5.92 Å². The third kappa shape index (κ3) is 8.11. The predicted molar refractivity (Wildman–Crippen MR) is 85.2 cm³/mol. The fourth-order valence-electron chi connectivity index (χ4n) is 1.79. The summed E-state index contributed by atoms with van der Waals surface area (Å²) in [5, 5.41) is 24.4. The van der Waals surface area contributed by atoms with E-state index in [1.807, 2.05) is 0 Å². The zero-order chi connectivity index (χ0) is 19.7. The number of nitrogens with two attached hydrogens (primary N) is 1. The van der Waals surface area contributed by atoms with Gasteiger partial charge in [0.05, 0.1) is 13.0 Å². The second-order valence-electron chi connectivity index (χ2n) is 5.72. The fraction of sp³-hybridized carbons (Fsp3) is 0.643. The summed E-state index contributed by atoms with van der Waals surface area (Å²) in [5.74, 6) is -5.35. The van der Waals surface area contributed by atoms with E-state index >= 15 is 0 Å². The smallest absolute Gasteiger partial charge is 0.325 e. The molecule has 0 aliphatic heterocycles. The van der Waals surface area contributed by atoms with Crippen LogP contribution >= 0.6 is 0 Å². The monoisotopic (exact) mass is 360 g/mol. The highest BCUT2D eigenvalue weighted by Crippen LogP contribution is 2.04. The van der Waals surface area contributed by atoms with Gasteiger partial charge in [0.15, 0.2) is 0 Å². The highest BCUT2D eigenvalue weighted by atomic mass is 16.4. The van der Waals surface area contributed by atoms with Gasteiger partial charge in [0.1, 0.15) is 18.1 Å². The van der Waals surface area contributed by atoms with Crippen molar-refractivity contribution < 1.29 is 34.2 Å². The standard InChI is InChI=1S/C14H24N4O7/c1-6(2)11(13(23)16-7(3)14(24)25)18-12(22)8(4-10(20)21)17-9(19)5-15/h6-8,11H,4-5,15H2,1-3H3,(H,16,23)(H,17,19)(H,18,22)(H,20,21)(H,24,25)/t7-,8-,11-/m0/s1. The number of hydrogen-bond donors (Lipinski definition) is 6. The minimum absolute atomic E-state index is 0.416. The van der Waals surface area contributed by atoms with Crippen molar-refractivity contribution >= 4 is 29.7 Å². The number of carboxylic acids is 2. The lowest BCUT2D eigenvalue weighted by atomic mass is 10.0. The minimum Gasteiger partial charge on any atom is -0.481 e. The van der Waals surface area contributed by atoms with E-state index < -0.39 is 66.7 Å². The Bertz CT molecular complexity index is 535. The average molecular weight is 360 g/mol. The van der Waals surface area contributed by atoms with Gasteiger partial charge < -0.3 is 31.9 Å². The van der Waals surface area contributed by atoms with Gasteiger partial charge in [-0.1, -0.05) is 13.8 Å². The molecule has 3 amide bonds. The first-order valence-corrected chi connectivity index (χ1v) is 7.54. The van der Waals surface area contributed by atoms with E-state index in [2.05, 4.69) is 16.0 Å². The third-order valence-electron chi connectivity index (χ3n) is 3.19.